The summed E-state index contributed by atoms with van der Waals surface area (Å²) in [6, 6.07) is 0. The minimum atomic E-state index is 1.16. The molecule has 0 unspecified atom stereocenters. The molecule has 14 heavy (non-hydrogen) atoms. The van der Waals surface area contributed by atoms with Crippen LogP contribution < -0.4 is 0 Å². The van der Waals surface area contributed by atoms with Crippen LogP contribution in [-0.2, 0) is 0 Å². The first-order valence-corrected chi connectivity index (χ1v) is 5.90. The zero-order valence-corrected chi connectivity index (χ0v) is 9.92. The first kappa shape index (κ1) is 11.6. The number of hydrogen-bond acceptors (Lipinski definition) is 2. The third-order valence-corrected chi connectivity index (χ3v) is 2.63. The molecule has 1 rings (SSSR count). The van der Waals surface area contributed by atoms with E-state index in [1.807, 2.05) is 0 Å². The Balaban J connectivity index is 2.46. The quantitative estimate of drug-likeness (QED) is 0.681. The zero-order valence-electron chi connectivity index (χ0n) is 9.92. The molecule has 0 atom stereocenters. The molecule has 0 bridgehead atoms. The molecule has 0 amide bonds. The summed E-state index contributed by atoms with van der Waals surface area (Å²) >= 11 is 0. The molecule has 0 radical (unpaired) electrons. The van der Waals surface area contributed by atoms with E-state index in [1.54, 1.807) is 0 Å². The van der Waals surface area contributed by atoms with Gasteiger partial charge in [-0.2, -0.15) is 0 Å². The van der Waals surface area contributed by atoms with Gasteiger partial charge in [-0.15, -0.1) is 0 Å². The van der Waals surface area contributed by atoms with Gasteiger partial charge in [-0.25, -0.2) is 0 Å². The van der Waals surface area contributed by atoms with Gasteiger partial charge in [0.1, 0.15) is 0 Å². The number of rotatable bonds is 4. The van der Waals surface area contributed by atoms with Crippen LogP contribution in [0.5, 0.6) is 0 Å². The fraction of sp³-hybridized carbons (Fsp3) is 0.833. The fourth-order valence-corrected chi connectivity index (χ4v) is 2.09. The lowest BCUT2D eigenvalue weighted by atomic mass is 10.3. The molecule has 0 N–H and O–H groups in total. The van der Waals surface area contributed by atoms with E-state index in [-0.39, 0.29) is 0 Å². The molecule has 0 spiro atoms. The Bertz CT molecular complexity index is 187. The van der Waals surface area contributed by atoms with Crippen molar-refractivity contribution in [3.63, 3.8) is 0 Å². The van der Waals surface area contributed by atoms with Gasteiger partial charge in [0.25, 0.3) is 0 Å². The van der Waals surface area contributed by atoms with Gasteiger partial charge in [0.2, 0.25) is 0 Å². The summed E-state index contributed by atoms with van der Waals surface area (Å²) in [6.07, 6.45) is 4.86. The van der Waals surface area contributed by atoms with Crippen LogP contribution in [0.3, 0.4) is 0 Å². The maximum absolute atomic E-state index is 2.56. The van der Waals surface area contributed by atoms with E-state index < -0.39 is 0 Å². The molecule has 1 aliphatic rings. The Kier molecular flexibility index (Phi) is 5.02. The molecular formula is C12H24N2. The van der Waals surface area contributed by atoms with Crippen molar-refractivity contribution in [2.24, 2.45) is 0 Å². The van der Waals surface area contributed by atoms with Gasteiger partial charge < -0.3 is 4.90 Å². The van der Waals surface area contributed by atoms with Gasteiger partial charge in [-0.1, -0.05) is 13.8 Å². The molecule has 0 fully saturated rings. The van der Waals surface area contributed by atoms with E-state index in [0.717, 1.165) is 6.54 Å². The van der Waals surface area contributed by atoms with Crippen molar-refractivity contribution in [2.45, 2.75) is 33.6 Å². The summed E-state index contributed by atoms with van der Waals surface area (Å²) in [7, 11) is 0. The molecule has 1 aliphatic heterocycles. The van der Waals surface area contributed by atoms with Crippen molar-refractivity contribution >= 4 is 0 Å². The Morgan fingerprint density at radius 2 is 1.86 bits per heavy atom. The van der Waals surface area contributed by atoms with Gasteiger partial charge in [-0.3, -0.25) is 4.90 Å². The third kappa shape index (κ3) is 3.70. The maximum Gasteiger partial charge on any atom is 0.0300 e. The summed E-state index contributed by atoms with van der Waals surface area (Å²) in [4.78, 5) is 5.02. The Morgan fingerprint density at radius 3 is 2.50 bits per heavy atom. The van der Waals surface area contributed by atoms with E-state index in [2.05, 4.69) is 36.8 Å². The van der Waals surface area contributed by atoms with E-state index in [0.29, 0.717) is 0 Å². The zero-order chi connectivity index (χ0) is 10.4. The van der Waals surface area contributed by atoms with E-state index in [4.69, 9.17) is 0 Å². The van der Waals surface area contributed by atoms with Gasteiger partial charge in [0.05, 0.1) is 0 Å². The van der Waals surface area contributed by atoms with E-state index in [9.17, 15) is 0 Å². The van der Waals surface area contributed by atoms with Crippen molar-refractivity contribution in [1.82, 2.24) is 9.80 Å². The molecule has 0 aromatic carbocycles. The first-order chi connectivity index (χ1) is 6.76. The highest BCUT2D eigenvalue weighted by atomic mass is 15.2. The van der Waals surface area contributed by atoms with Crippen molar-refractivity contribution in [3.8, 4) is 0 Å². The van der Waals surface area contributed by atoms with Crippen molar-refractivity contribution in [3.05, 3.63) is 11.8 Å². The number of nitrogens with zero attached hydrogens (tertiary/aromatic N) is 2. The molecule has 0 aliphatic carbocycles. The molecule has 0 saturated carbocycles. The molecule has 82 valence electrons. The topological polar surface area (TPSA) is 6.48 Å². The van der Waals surface area contributed by atoms with Gasteiger partial charge in [0.15, 0.2) is 0 Å². The SMILES string of the molecule is CCCN1C=C(C)CN(CCC)CC1. The molecule has 0 aromatic heterocycles. The van der Waals surface area contributed by atoms with Crippen molar-refractivity contribution in [2.75, 3.05) is 32.7 Å². The summed E-state index contributed by atoms with van der Waals surface area (Å²) in [5.74, 6) is 0. The summed E-state index contributed by atoms with van der Waals surface area (Å²) in [5.41, 5.74) is 1.50. The Morgan fingerprint density at radius 1 is 1.14 bits per heavy atom. The molecule has 0 saturated heterocycles. The Hall–Kier alpha value is -0.500. The third-order valence-electron chi connectivity index (χ3n) is 2.63. The second-order valence-electron chi connectivity index (χ2n) is 4.29. The van der Waals surface area contributed by atoms with Crippen LogP contribution in [-0.4, -0.2) is 42.5 Å². The first-order valence-electron chi connectivity index (χ1n) is 5.90. The molecule has 2 nitrogen and oxygen atoms in total. The second-order valence-corrected chi connectivity index (χ2v) is 4.29. The lowest BCUT2D eigenvalue weighted by Gasteiger charge is -2.21. The number of hydrogen-bond donors (Lipinski definition) is 0. The smallest absolute Gasteiger partial charge is 0.0300 e. The van der Waals surface area contributed by atoms with Crippen LogP contribution in [0.4, 0.5) is 0 Å². The Labute approximate surface area is 88.6 Å². The van der Waals surface area contributed by atoms with Crippen molar-refractivity contribution < 1.29 is 0 Å². The van der Waals surface area contributed by atoms with Gasteiger partial charge in [0, 0.05) is 26.2 Å². The van der Waals surface area contributed by atoms with Gasteiger partial charge >= 0.3 is 0 Å². The highest BCUT2D eigenvalue weighted by Crippen LogP contribution is 2.08. The van der Waals surface area contributed by atoms with Crippen LogP contribution in [0, 0.1) is 0 Å². The predicted molar refractivity (Wildman–Crippen MR) is 62.4 cm³/mol. The maximum atomic E-state index is 2.56. The van der Waals surface area contributed by atoms with E-state index in [1.165, 1.54) is 44.6 Å². The largest absolute Gasteiger partial charge is 0.376 e. The summed E-state index contributed by atoms with van der Waals surface area (Å²) in [5, 5.41) is 0. The highest BCUT2D eigenvalue weighted by molar-refractivity contribution is 5.02. The molecule has 1 heterocycles. The lowest BCUT2D eigenvalue weighted by Crippen LogP contribution is -2.31. The normalized spacial score (nSPS) is 19.4. The summed E-state index contributed by atoms with van der Waals surface area (Å²) in [6.45, 7) is 12.8. The van der Waals surface area contributed by atoms with Crippen molar-refractivity contribution in [1.29, 1.82) is 0 Å². The van der Waals surface area contributed by atoms with Crippen LogP contribution in [0.15, 0.2) is 11.8 Å². The van der Waals surface area contributed by atoms with Gasteiger partial charge in [-0.05, 0) is 38.1 Å². The average molecular weight is 196 g/mol. The van der Waals surface area contributed by atoms with E-state index >= 15 is 0 Å². The minimum absolute atomic E-state index is 1.16. The molecule has 0 aromatic rings. The van der Waals surface area contributed by atoms with Crippen LogP contribution in [0.2, 0.25) is 0 Å². The minimum Gasteiger partial charge on any atom is -0.376 e. The molecule has 2 heteroatoms. The van der Waals surface area contributed by atoms with Crippen LogP contribution >= 0.6 is 0 Å². The highest BCUT2D eigenvalue weighted by Gasteiger charge is 2.11. The average Bonchev–Trinajstić information content (AvgIpc) is 2.29. The van der Waals surface area contributed by atoms with Crippen LogP contribution in [0.25, 0.3) is 0 Å². The second kappa shape index (κ2) is 6.07. The fourth-order valence-electron chi connectivity index (χ4n) is 2.09. The molecular weight excluding hydrogens is 172 g/mol. The van der Waals surface area contributed by atoms with Crippen LogP contribution in [0.1, 0.15) is 33.6 Å². The predicted octanol–water partition coefficient (Wildman–Crippen LogP) is 2.33. The monoisotopic (exact) mass is 196 g/mol. The standard InChI is InChI=1S/C12H24N2/c1-4-6-13-8-9-14(7-5-2)11-12(3)10-13/h10H,4-9,11H2,1-3H3. The lowest BCUT2D eigenvalue weighted by molar-refractivity contribution is 0.269. The summed E-state index contributed by atoms with van der Waals surface area (Å²) < 4.78 is 0.